The van der Waals surface area contributed by atoms with E-state index in [-0.39, 0.29) is 42.0 Å². The third kappa shape index (κ3) is 5.45. The van der Waals surface area contributed by atoms with Crippen molar-refractivity contribution in [2.45, 2.75) is 50.2 Å². The average Bonchev–Trinajstić information content (AvgIpc) is 2.88. The summed E-state index contributed by atoms with van der Waals surface area (Å²) in [4.78, 5) is 18.3. The third-order valence-corrected chi connectivity index (χ3v) is 8.41. The molecular formula is C29H30F4N2O4. The van der Waals surface area contributed by atoms with Crippen molar-refractivity contribution >= 4 is 16.9 Å². The van der Waals surface area contributed by atoms with Gasteiger partial charge >= 0.3 is 5.97 Å². The minimum absolute atomic E-state index is 0.00128. The number of halogens is 4. The Balaban J connectivity index is 1.22. The molecule has 0 bridgehead atoms. The second-order valence-electron chi connectivity index (χ2n) is 10.6. The predicted molar refractivity (Wildman–Crippen MR) is 135 cm³/mol. The maximum atomic E-state index is 14.8. The van der Waals surface area contributed by atoms with Crippen molar-refractivity contribution < 1.29 is 37.3 Å². The van der Waals surface area contributed by atoms with E-state index in [4.69, 9.17) is 4.74 Å². The smallest absolute Gasteiger partial charge is 0.308 e. The Labute approximate surface area is 223 Å². The minimum atomic E-state index is -1.21. The van der Waals surface area contributed by atoms with E-state index in [0.29, 0.717) is 54.9 Å². The number of piperidine rings is 1. The van der Waals surface area contributed by atoms with Gasteiger partial charge in [-0.1, -0.05) is 0 Å². The molecule has 2 aromatic carbocycles. The van der Waals surface area contributed by atoms with Gasteiger partial charge in [0.2, 0.25) is 0 Å². The van der Waals surface area contributed by atoms with Crippen LogP contribution in [0.3, 0.4) is 0 Å². The van der Waals surface area contributed by atoms with E-state index in [9.17, 15) is 32.6 Å². The maximum absolute atomic E-state index is 14.8. The molecule has 0 amide bonds. The zero-order valence-corrected chi connectivity index (χ0v) is 21.4. The first-order valence-corrected chi connectivity index (χ1v) is 13.1. The molecule has 2 fully saturated rings. The zero-order valence-electron chi connectivity index (χ0n) is 21.4. The van der Waals surface area contributed by atoms with E-state index >= 15 is 0 Å². The number of methoxy groups -OCH3 is 1. The summed E-state index contributed by atoms with van der Waals surface area (Å²) in [5, 5.41) is 21.3. The van der Waals surface area contributed by atoms with Crippen LogP contribution in [-0.4, -0.2) is 52.3 Å². The first-order chi connectivity index (χ1) is 18.7. The highest BCUT2D eigenvalue weighted by Gasteiger charge is 2.42. The summed E-state index contributed by atoms with van der Waals surface area (Å²) in [6, 6.07) is 6.56. The SMILES string of the molecule is COc1ccc2ncc(F)c([C@@H](O)CC[C@@H]3CCN(C4CC(c5cc(F)cc(F)c5F)C4)C[C@@H]3C(=O)O)c2c1. The van der Waals surface area contributed by atoms with Crippen molar-refractivity contribution in [1.82, 2.24) is 9.88 Å². The number of fused-ring (bicyclic) bond motifs is 1. The lowest BCUT2D eigenvalue weighted by atomic mass is 9.73. The molecule has 1 saturated carbocycles. The summed E-state index contributed by atoms with van der Waals surface area (Å²) in [7, 11) is 1.49. The number of carboxylic acid groups (broad SMARTS) is 1. The molecule has 39 heavy (non-hydrogen) atoms. The van der Waals surface area contributed by atoms with Crippen LogP contribution in [0.25, 0.3) is 10.9 Å². The van der Waals surface area contributed by atoms with Crippen LogP contribution in [0.15, 0.2) is 36.5 Å². The Morgan fingerprint density at radius 1 is 1.15 bits per heavy atom. The van der Waals surface area contributed by atoms with E-state index in [1.54, 1.807) is 18.2 Å². The lowest BCUT2D eigenvalue weighted by Crippen LogP contribution is -2.52. The molecule has 208 valence electrons. The average molecular weight is 547 g/mol. The second kappa shape index (κ2) is 11.1. The summed E-state index contributed by atoms with van der Waals surface area (Å²) in [6.07, 6.45) is 2.05. The van der Waals surface area contributed by atoms with Crippen molar-refractivity contribution in [3.05, 3.63) is 70.9 Å². The molecule has 3 atom stereocenters. The highest BCUT2D eigenvalue weighted by atomic mass is 19.2. The minimum Gasteiger partial charge on any atom is -0.497 e. The number of carbonyl (C=O) groups is 1. The lowest BCUT2D eigenvalue weighted by Gasteiger charge is -2.47. The molecule has 1 aliphatic heterocycles. The van der Waals surface area contributed by atoms with E-state index in [1.807, 2.05) is 0 Å². The normalized spacial score (nSPS) is 24.4. The largest absolute Gasteiger partial charge is 0.497 e. The first kappa shape index (κ1) is 27.3. The van der Waals surface area contributed by atoms with Gasteiger partial charge < -0.3 is 14.9 Å². The van der Waals surface area contributed by atoms with Crippen molar-refractivity contribution in [3.63, 3.8) is 0 Å². The number of aromatic nitrogens is 1. The molecule has 1 aliphatic carbocycles. The summed E-state index contributed by atoms with van der Waals surface area (Å²) >= 11 is 0. The number of nitrogens with zero attached hydrogens (tertiary/aromatic N) is 2. The van der Waals surface area contributed by atoms with Gasteiger partial charge in [0.15, 0.2) is 11.6 Å². The number of aliphatic hydroxyl groups excluding tert-OH is 1. The van der Waals surface area contributed by atoms with Gasteiger partial charge in [-0.15, -0.1) is 0 Å². The van der Waals surface area contributed by atoms with Gasteiger partial charge in [-0.2, -0.15) is 0 Å². The molecule has 6 nitrogen and oxygen atoms in total. The molecule has 2 aliphatic rings. The number of pyridine rings is 1. The molecule has 2 N–H and O–H groups in total. The number of hydrogen-bond acceptors (Lipinski definition) is 5. The van der Waals surface area contributed by atoms with E-state index in [1.165, 1.54) is 7.11 Å². The van der Waals surface area contributed by atoms with Crippen molar-refractivity contribution in [2.75, 3.05) is 20.2 Å². The molecule has 0 radical (unpaired) electrons. The number of rotatable bonds is 8. The Morgan fingerprint density at radius 3 is 2.64 bits per heavy atom. The van der Waals surface area contributed by atoms with Gasteiger partial charge in [-0.25, -0.2) is 17.6 Å². The fraction of sp³-hybridized carbons (Fsp3) is 0.448. The Bertz CT molecular complexity index is 1380. The number of hydrogen-bond donors (Lipinski definition) is 2. The van der Waals surface area contributed by atoms with Gasteiger partial charge in [-0.3, -0.25) is 14.7 Å². The van der Waals surface area contributed by atoms with Crippen molar-refractivity contribution in [1.29, 1.82) is 0 Å². The van der Waals surface area contributed by atoms with Crippen LogP contribution in [0.4, 0.5) is 17.6 Å². The van der Waals surface area contributed by atoms with Gasteiger partial charge in [-0.05, 0) is 80.3 Å². The van der Waals surface area contributed by atoms with Crippen LogP contribution < -0.4 is 4.74 Å². The Kier molecular flexibility index (Phi) is 7.77. The Morgan fingerprint density at radius 2 is 1.92 bits per heavy atom. The fourth-order valence-corrected chi connectivity index (χ4v) is 6.15. The first-order valence-electron chi connectivity index (χ1n) is 13.1. The number of likely N-dealkylation sites (tertiary alicyclic amines) is 1. The van der Waals surface area contributed by atoms with Gasteiger partial charge in [0.25, 0.3) is 0 Å². The number of carboxylic acids is 1. The predicted octanol–water partition coefficient (Wildman–Crippen LogP) is 5.58. The summed E-state index contributed by atoms with van der Waals surface area (Å²) in [6.45, 7) is 0.906. The van der Waals surface area contributed by atoms with Gasteiger partial charge in [0.05, 0.1) is 30.8 Å². The highest BCUT2D eigenvalue weighted by Crippen LogP contribution is 2.44. The van der Waals surface area contributed by atoms with Crippen LogP contribution in [0.1, 0.15) is 55.3 Å². The van der Waals surface area contributed by atoms with Crippen LogP contribution in [0.2, 0.25) is 0 Å². The van der Waals surface area contributed by atoms with Gasteiger partial charge in [0.1, 0.15) is 17.4 Å². The topological polar surface area (TPSA) is 82.9 Å². The standard InChI is InChI=1S/C29H30F4N2O4/c1-39-19-3-4-25-21(12-19)27(24(32)13-34-25)26(36)5-2-15-6-7-35(14-22(15)29(37)38)18-8-16(9-18)20-10-17(30)11-23(31)28(20)33/h3-4,10-13,15-16,18,22,26,36H,2,5-9,14H2,1H3,(H,37,38)/t15-,16?,18?,22+,26+/m1/s1. The molecular weight excluding hydrogens is 516 g/mol. The third-order valence-electron chi connectivity index (χ3n) is 8.41. The summed E-state index contributed by atoms with van der Waals surface area (Å²) in [5.41, 5.74) is 0.656. The molecule has 1 saturated heterocycles. The van der Waals surface area contributed by atoms with Crippen LogP contribution in [0.5, 0.6) is 5.75 Å². The molecule has 10 heteroatoms. The number of aliphatic carboxylic acids is 1. The van der Waals surface area contributed by atoms with Crippen LogP contribution >= 0.6 is 0 Å². The van der Waals surface area contributed by atoms with E-state index in [2.05, 4.69) is 9.88 Å². The van der Waals surface area contributed by atoms with Crippen molar-refractivity contribution in [3.8, 4) is 5.75 Å². The summed E-state index contributed by atoms with van der Waals surface area (Å²) < 4.78 is 61.4. The molecule has 0 unspecified atom stereocenters. The molecule has 0 spiro atoms. The van der Waals surface area contributed by atoms with Crippen molar-refractivity contribution in [2.24, 2.45) is 11.8 Å². The lowest BCUT2D eigenvalue weighted by molar-refractivity contribution is -0.147. The van der Waals surface area contributed by atoms with Gasteiger partial charge in [0, 0.05) is 29.6 Å². The monoisotopic (exact) mass is 546 g/mol. The van der Waals surface area contributed by atoms with E-state index < -0.39 is 41.3 Å². The maximum Gasteiger partial charge on any atom is 0.308 e. The molecule has 3 aromatic rings. The number of aliphatic hydroxyl groups is 1. The summed E-state index contributed by atoms with van der Waals surface area (Å²) in [5.74, 6) is -5.36. The molecule has 1 aromatic heterocycles. The van der Waals surface area contributed by atoms with Crippen LogP contribution in [0, 0.1) is 35.1 Å². The fourth-order valence-electron chi connectivity index (χ4n) is 6.15. The molecule has 5 rings (SSSR count). The van der Waals surface area contributed by atoms with E-state index in [0.717, 1.165) is 12.3 Å². The Hall–Kier alpha value is -3.24. The number of benzene rings is 2. The zero-order chi connectivity index (χ0) is 27.8. The quantitative estimate of drug-likeness (QED) is 0.284. The second-order valence-corrected chi connectivity index (χ2v) is 10.6. The van der Waals surface area contributed by atoms with Crippen LogP contribution in [-0.2, 0) is 4.79 Å². The molecule has 2 heterocycles. The number of ether oxygens (including phenoxy) is 1. The highest BCUT2D eigenvalue weighted by molar-refractivity contribution is 5.84.